The van der Waals surface area contributed by atoms with Gasteiger partial charge in [-0.2, -0.15) is 0 Å². The summed E-state index contributed by atoms with van der Waals surface area (Å²) < 4.78 is 25.9. The molecule has 0 aliphatic rings. The Morgan fingerprint density at radius 2 is 1.81 bits per heavy atom. The van der Waals surface area contributed by atoms with E-state index in [0.29, 0.717) is 5.69 Å². The molecule has 0 fully saturated rings. The maximum absolute atomic E-state index is 11.8. The lowest BCUT2D eigenvalue weighted by Gasteiger charge is -2.25. The number of anilines is 3. The van der Waals surface area contributed by atoms with Gasteiger partial charge >= 0.3 is 0 Å². The molecule has 0 aromatic heterocycles. The van der Waals surface area contributed by atoms with Crippen LogP contribution in [0.25, 0.3) is 0 Å². The summed E-state index contributed by atoms with van der Waals surface area (Å²) >= 11 is 0. The van der Waals surface area contributed by atoms with Crippen molar-refractivity contribution in [3.8, 4) is 0 Å². The van der Waals surface area contributed by atoms with Gasteiger partial charge in [-0.25, -0.2) is 13.1 Å². The van der Waals surface area contributed by atoms with Crippen molar-refractivity contribution in [3.05, 3.63) is 48.5 Å². The summed E-state index contributed by atoms with van der Waals surface area (Å²) in [6, 6.07) is 14.6. The largest absolute Gasteiger partial charge is 0.397 e. The summed E-state index contributed by atoms with van der Waals surface area (Å²) in [6.07, 6.45) is 0. The molecule has 0 saturated carbocycles. The molecule has 0 bridgehead atoms. The van der Waals surface area contributed by atoms with Crippen LogP contribution in [-0.2, 0) is 10.0 Å². The Balaban J connectivity index is 2.45. The fourth-order valence-corrected chi connectivity index (χ4v) is 2.93. The predicted molar refractivity (Wildman–Crippen MR) is 86.2 cm³/mol. The smallest absolute Gasteiger partial charge is 0.240 e. The maximum Gasteiger partial charge on any atom is 0.240 e. The molecular weight excluding hydrogens is 286 g/mol. The Labute approximate surface area is 125 Å². The molecule has 6 heteroatoms. The highest BCUT2D eigenvalue weighted by Crippen LogP contribution is 2.31. The van der Waals surface area contributed by atoms with Crippen LogP contribution >= 0.6 is 0 Å². The zero-order valence-corrected chi connectivity index (χ0v) is 12.9. The van der Waals surface area contributed by atoms with Gasteiger partial charge < -0.3 is 10.6 Å². The molecule has 0 saturated heterocycles. The van der Waals surface area contributed by atoms with Crippen LogP contribution in [0.15, 0.2) is 53.4 Å². The van der Waals surface area contributed by atoms with Gasteiger partial charge in [0, 0.05) is 12.2 Å². The summed E-state index contributed by atoms with van der Waals surface area (Å²) in [6.45, 7) is 2.75. The van der Waals surface area contributed by atoms with Crippen molar-refractivity contribution in [1.29, 1.82) is 0 Å². The molecule has 2 aromatic carbocycles. The van der Waals surface area contributed by atoms with Gasteiger partial charge in [-0.15, -0.1) is 0 Å². The van der Waals surface area contributed by atoms with Gasteiger partial charge in [-0.3, -0.25) is 0 Å². The first-order chi connectivity index (χ1) is 9.99. The third kappa shape index (κ3) is 3.17. The van der Waals surface area contributed by atoms with Crippen molar-refractivity contribution in [3.63, 3.8) is 0 Å². The number of rotatable bonds is 5. The van der Waals surface area contributed by atoms with E-state index in [1.54, 1.807) is 12.1 Å². The van der Waals surface area contributed by atoms with E-state index in [9.17, 15) is 8.42 Å². The highest BCUT2D eigenvalue weighted by Gasteiger charge is 2.16. The molecule has 0 aliphatic heterocycles. The first kappa shape index (κ1) is 15.3. The van der Waals surface area contributed by atoms with Crippen LogP contribution in [0.4, 0.5) is 17.1 Å². The van der Waals surface area contributed by atoms with Crippen LogP contribution in [0.3, 0.4) is 0 Å². The quantitative estimate of drug-likeness (QED) is 0.831. The zero-order valence-electron chi connectivity index (χ0n) is 12.1. The van der Waals surface area contributed by atoms with E-state index in [2.05, 4.69) is 4.72 Å². The highest BCUT2D eigenvalue weighted by molar-refractivity contribution is 7.89. The summed E-state index contributed by atoms with van der Waals surface area (Å²) in [5.41, 5.74) is 8.28. The molecule has 0 spiro atoms. The number of nitrogens with zero attached hydrogens (tertiary/aromatic N) is 1. The Morgan fingerprint density at radius 1 is 1.14 bits per heavy atom. The second-order valence-corrected chi connectivity index (χ2v) is 6.39. The lowest BCUT2D eigenvalue weighted by atomic mass is 10.2. The summed E-state index contributed by atoms with van der Waals surface area (Å²) in [5, 5.41) is 0. The van der Waals surface area contributed by atoms with Crippen molar-refractivity contribution < 1.29 is 8.42 Å². The van der Waals surface area contributed by atoms with E-state index in [0.717, 1.165) is 17.9 Å². The number of nitrogens with two attached hydrogens (primary N) is 1. The van der Waals surface area contributed by atoms with Crippen molar-refractivity contribution in [2.75, 3.05) is 24.2 Å². The third-order valence-corrected chi connectivity index (χ3v) is 4.66. The van der Waals surface area contributed by atoms with E-state index in [4.69, 9.17) is 5.73 Å². The zero-order chi connectivity index (χ0) is 15.5. The SMILES string of the molecule is CCN(c1ccccc1)c1ccc(S(=O)(=O)NC)cc1N. The molecule has 112 valence electrons. The number of sulfonamides is 1. The molecule has 3 N–H and O–H groups in total. The normalized spacial score (nSPS) is 11.3. The molecule has 5 nitrogen and oxygen atoms in total. The van der Waals surface area contributed by atoms with E-state index in [1.807, 2.05) is 42.2 Å². The van der Waals surface area contributed by atoms with E-state index < -0.39 is 10.0 Å². The van der Waals surface area contributed by atoms with E-state index in [1.165, 1.54) is 13.1 Å². The van der Waals surface area contributed by atoms with Crippen LogP contribution in [-0.4, -0.2) is 22.0 Å². The molecule has 21 heavy (non-hydrogen) atoms. The van der Waals surface area contributed by atoms with Crippen molar-refractivity contribution >= 4 is 27.1 Å². The van der Waals surface area contributed by atoms with Crippen LogP contribution in [0.5, 0.6) is 0 Å². The number of nitrogens with one attached hydrogen (secondary N) is 1. The van der Waals surface area contributed by atoms with Gasteiger partial charge in [-0.05, 0) is 44.3 Å². The molecule has 0 radical (unpaired) electrons. The Bertz CT molecular complexity index is 715. The average Bonchev–Trinajstić information content (AvgIpc) is 2.50. The van der Waals surface area contributed by atoms with Gasteiger partial charge in [0.1, 0.15) is 0 Å². The van der Waals surface area contributed by atoms with Crippen LogP contribution in [0.2, 0.25) is 0 Å². The molecular formula is C15H19N3O2S. The predicted octanol–water partition coefficient (Wildman–Crippen LogP) is 2.33. The van der Waals surface area contributed by atoms with Crippen LogP contribution in [0, 0.1) is 0 Å². The van der Waals surface area contributed by atoms with Crippen LogP contribution < -0.4 is 15.4 Å². The monoisotopic (exact) mass is 305 g/mol. The van der Waals surface area contributed by atoms with Crippen molar-refractivity contribution in [1.82, 2.24) is 4.72 Å². The topological polar surface area (TPSA) is 75.4 Å². The maximum atomic E-state index is 11.8. The van der Waals surface area contributed by atoms with E-state index in [-0.39, 0.29) is 4.90 Å². The lowest BCUT2D eigenvalue weighted by Crippen LogP contribution is -2.20. The van der Waals surface area contributed by atoms with E-state index >= 15 is 0 Å². The van der Waals surface area contributed by atoms with Gasteiger partial charge in [-0.1, -0.05) is 18.2 Å². The molecule has 0 aliphatic carbocycles. The summed E-state index contributed by atoms with van der Waals surface area (Å²) in [5.74, 6) is 0. The first-order valence-electron chi connectivity index (χ1n) is 6.65. The second-order valence-electron chi connectivity index (χ2n) is 4.51. The third-order valence-electron chi connectivity index (χ3n) is 3.25. The molecule has 0 heterocycles. The minimum Gasteiger partial charge on any atom is -0.397 e. The number of nitrogen functional groups attached to an aromatic ring is 1. The van der Waals surface area contributed by atoms with Crippen molar-refractivity contribution in [2.24, 2.45) is 0 Å². The summed E-state index contributed by atoms with van der Waals surface area (Å²) in [4.78, 5) is 2.20. The number of para-hydroxylation sites is 1. The number of benzene rings is 2. The highest BCUT2D eigenvalue weighted by atomic mass is 32.2. The average molecular weight is 305 g/mol. The Morgan fingerprint density at radius 3 is 2.33 bits per heavy atom. The standard InChI is InChI=1S/C15H19N3O2S/c1-3-18(12-7-5-4-6-8-12)15-10-9-13(11-14(15)16)21(19,20)17-2/h4-11,17H,3,16H2,1-2H3. The van der Waals surface area contributed by atoms with Gasteiger partial charge in [0.15, 0.2) is 0 Å². The first-order valence-corrected chi connectivity index (χ1v) is 8.13. The Kier molecular flexibility index (Phi) is 4.50. The minimum atomic E-state index is -3.48. The Hall–Kier alpha value is -2.05. The fraction of sp³-hybridized carbons (Fsp3) is 0.200. The molecule has 2 aromatic rings. The van der Waals surface area contributed by atoms with Gasteiger partial charge in [0.2, 0.25) is 10.0 Å². The summed E-state index contributed by atoms with van der Waals surface area (Å²) in [7, 11) is -2.11. The van der Waals surface area contributed by atoms with Crippen molar-refractivity contribution in [2.45, 2.75) is 11.8 Å². The molecule has 0 amide bonds. The fourth-order valence-electron chi connectivity index (χ4n) is 2.16. The number of hydrogen-bond donors (Lipinski definition) is 2. The van der Waals surface area contributed by atoms with Gasteiger partial charge in [0.25, 0.3) is 0 Å². The second kappa shape index (κ2) is 6.15. The van der Waals surface area contributed by atoms with Crippen LogP contribution in [0.1, 0.15) is 6.92 Å². The molecule has 0 atom stereocenters. The molecule has 2 rings (SSSR count). The number of hydrogen-bond acceptors (Lipinski definition) is 4. The van der Waals surface area contributed by atoms with Gasteiger partial charge in [0.05, 0.1) is 16.3 Å². The lowest BCUT2D eigenvalue weighted by molar-refractivity contribution is 0.588. The minimum absolute atomic E-state index is 0.162. The molecule has 0 unspecified atom stereocenters.